The Morgan fingerprint density at radius 3 is 2.03 bits per heavy atom. The number of para-hydroxylation sites is 1. The quantitative estimate of drug-likeness (QED) is 0.552. The van der Waals surface area contributed by atoms with Gasteiger partial charge in [0, 0.05) is 17.1 Å². The molecule has 0 fully saturated rings. The largest absolute Gasteiger partial charge is 0.481 e. The molecule has 3 rings (SSSR count). The molecule has 3 aromatic rings. The minimum Gasteiger partial charge on any atom is -0.481 e. The van der Waals surface area contributed by atoms with Gasteiger partial charge in [-0.2, -0.15) is 0 Å². The molecule has 0 saturated heterocycles. The first-order valence-electron chi connectivity index (χ1n) is 9.27. The maximum Gasteiger partial charge on any atom is 0.323 e. The zero-order chi connectivity index (χ0) is 20.6. The molecule has 3 amide bonds. The molecular formula is C23H23N3O3. The third-order valence-corrected chi connectivity index (χ3v) is 4.12. The highest BCUT2D eigenvalue weighted by molar-refractivity contribution is 6.00. The molecule has 0 aromatic heterocycles. The fourth-order valence-corrected chi connectivity index (χ4v) is 2.61. The monoisotopic (exact) mass is 389 g/mol. The molecule has 0 saturated carbocycles. The van der Waals surface area contributed by atoms with Gasteiger partial charge in [0.15, 0.2) is 6.10 Å². The number of carbonyl (C=O) groups is 2. The number of carbonyl (C=O) groups excluding carboxylic acids is 2. The van der Waals surface area contributed by atoms with Crippen molar-refractivity contribution in [2.45, 2.75) is 20.0 Å². The Labute approximate surface area is 169 Å². The van der Waals surface area contributed by atoms with Crippen LogP contribution < -0.4 is 20.7 Å². The molecule has 148 valence electrons. The summed E-state index contributed by atoms with van der Waals surface area (Å²) in [5, 5.41) is 8.29. The molecule has 1 atom stereocenters. The Balaban J connectivity index is 1.56. The molecule has 3 N–H and O–H groups in total. The van der Waals surface area contributed by atoms with E-state index in [2.05, 4.69) is 16.0 Å². The predicted octanol–water partition coefficient (Wildman–Crippen LogP) is 5.05. The minimum absolute atomic E-state index is 0.281. The number of urea groups is 1. The van der Waals surface area contributed by atoms with Gasteiger partial charge in [0.05, 0.1) is 0 Å². The molecule has 0 spiro atoms. The number of nitrogens with one attached hydrogen (secondary N) is 3. The minimum atomic E-state index is -0.671. The third-order valence-electron chi connectivity index (χ3n) is 4.12. The van der Waals surface area contributed by atoms with E-state index in [1.54, 1.807) is 43.3 Å². The lowest BCUT2D eigenvalue weighted by Gasteiger charge is -2.15. The number of hydrogen-bond acceptors (Lipinski definition) is 3. The van der Waals surface area contributed by atoms with Crippen molar-refractivity contribution in [1.82, 2.24) is 0 Å². The van der Waals surface area contributed by atoms with Gasteiger partial charge < -0.3 is 20.7 Å². The number of benzene rings is 3. The van der Waals surface area contributed by atoms with Gasteiger partial charge >= 0.3 is 6.03 Å². The van der Waals surface area contributed by atoms with Gasteiger partial charge in [-0.25, -0.2) is 4.79 Å². The van der Waals surface area contributed by atoms with Gasteiger partial charge in [0.25, 0.3) is 5.91 Å². The van der Waals surface area contributed by atoms with E-state index < -0.39 is 6.10 Å². The summed E-state index contributed by atoms with van der Waals surface area (Å²) in [4.78, 5) is 24.5. The van der Waals surface area contributed by atoms with E-state index in [-0.39, 0.29) is 11.9 Å². The van der Waals surface area contributed by atoms with Crippen LogP contribution in [0.1, 0.15) is 12.5 Å². The predicted molar refractivity (Wildman–Crippen MR) is 115 cm³/mol. The summed E-state index contributed by atoms with van der Waals surface area (Å²) in [6.07, 6.45) is -0.671. The van der Waals surface area contributed by atoms with Crippen molar-refractivity contribution in [2.75, 3.05) is 16.0 Å². The molecule has 0 radical (unpaired) electrons. The third kappa shape index (κ3) is 6.10. The van der Waals surface area contributed by atoms with E-state index in [1.807, 2.05) is 49.4 Å². The van der Waals surface area contributed by atoms with Crippen molar-refractivity contribution in [3.63, 3.8) is 0 Å². The number of ether oxygens (including phenoxy) is 1. The summed E-state index contributed by atoms with van der Waals surface area (Å²) >= 11 is 0. The maximum absolute atomic E-state index is 12.4. The van der Waals surface area contributed by atoms with Gasteiger partial charge in [0.2, 0.25) is 0 Å². The molecule has 0 aliphatic carbocycles. The fourth-order valence-electron chi connectivity index (χ4n) is 2.61. The summed E-state index contributed by atoms with van der Waals surface area (Å²) in [5.41, 5.74) is 2.93. The second-order valence-corrected chi connectivity index (χ2v) is 6.59. The van der Waals surface area contributed by atoms with Crippen LogP contribution in [0.15, 0.2) is 78.9 Å². The van der Waals surface area contributed by atoms with Gasteiger partial charge in [-0.3, -0.25) is 4.79 Å². The van der Waals surface area contributed by atoms with Crippen LogP contribution in [0.25, 0.3) is 0 Å². The fraction of sp³-hybridized carbons (Fsp3) is 0.130. The molecule has 6 heteroatoms. The van der Waals surface area contributed by atoms with Crippen molar-refractivity contribution in [1.29, 1.82) is 0 Å². The van der Waals surface area contributed by atoms with Crippen LogP contribution in [-0.4, -0.2) is 18.0 Å². The standard InChI is InChI=1S/C23H23N3O3/c1-16-11-13-21(14-12-16)29-17(2)22(27)24-19-9-6-10-20(15-19)26-23(28)25-18-7-4-3-5-8-18/h3-15,17H,1-2H3,(H,24,27)(H2,25,26,28)/t17-/m1/s1. The average molecular weight is 389 g/mol. The highest BCUT2D eigenvalue weighted by atomic mass is 16.5. The zero-order valence-electron chi connectivity index (χ0n) is 16.3. The van der Waals surface area contributed by atoms with Crippen molar-refractivity contribution < 1.29 is 14.3 Å². The highest BCUT2D eigenvalue weighted by Crippen LogP contribution is 2.18. The highest BCUT2D eigenvalue weighted by Gasteiger charge is 2.15. The first-order valence-corrected chi connectivity index (χ1v) is 9.27. The molecule has 0 bridgehead atoms. The Hall–Kier alpha value is -3.80. The van der Waals surface area contributed by atoms with Gasteiger partial charge in [-0.1, -0.05) is 42.0 Å². The topological polar surface area (TPSA) is 79.5 Å². The molecular weight excluding hydrogens is 366 g/mol. The summed E-state index contributed by atoms with van der Waals surface area (Å²) in [6.45, 7) is 3.67. The lowest BCUT2D eigenvalue weighted by molar-refractivity contribution is -0.122. The van der Waals surface area contributed by atoms with E-state index >= 15 is 0 Å². The number of hydrogen-bond donors (Lipinski definition) is 3. The molecule has 0 aliphatic rings. The van der Waals surface area contributed by atoms with E-state index in [9.17, 15) is 9.59 Å². The molecule has 6 nitrogen and oxygen atoms in total. The van der Waals surface area contributed by atoms with E-state index in [0.717, 1.165) is 5.56 Å². The number of rotatable bonds is 6. The molecule has 3 aromatic carbocycles. The second-order valence-electron chi connectivity index (χ2n) is 6.59. The Morgan fingerprint density at radius 2 is 1.34 bits per heavy atom. The molecule has 29 heavy (non-hydrogen) atoms. The summed E-state index contributed by atoms with van der Waals surface area (Å²) in [5.74, 6) is 0.350. The van der Waals surface area contributed by atoms with Gasteiger partial charge in [-0.05, 0) is 56.3 Å². The number of amides is 3. The van der Waals surface area contributed by atoms with Crippen LogP contribution in [-0.2, 0) is 4.79 Å². The normalized spacial score (nSPS) is 11.2. The van der Waals surface area contributed by atoms with Crippen molar-refractivity contribution in [3.05, 3.63) is 84.4 Å². The number of aryl methyl sites for hydroxylation is 1. The summed E-state index contributed by atoms with van der Waals surface area (Å²) in [7, 11) is 0. The molecule has 0 aliphatic heterocycles. The van der Waals surface area contributed by atoms with Crippen LogP contribution in [0, 0.1) is 6.92 Å². The molecule has 0 heterocycles. The molecule has 0 unspecified atom stereocenters. The van der Waals surface area contributed by atoms with Crippen molar-refractivity contribution >= 4 is 29.0 Å². The maximum atomic E-state index is 12.4. The van der Waals surface area contributed by atoms with Crippen LogP contribution in [0.5, 0.6) is 5.75 Å². The zero-order valence-corrected chi connectivity index (χ0v) is 16.3. The van der Waals surface area contributed by atoms with E-state index in [0.29, 0.717) is 22.8 Å². The van der Waals surface area contributed by atoms with Crippen LogP contribution in [0.4, 0.5) is 21.9 Å². The second kappa shape index (κ2) is 9.41. The lowest BCUT2D eigenvalue weighted by Crippen LogP contribution is -2.30. The SMILES string of the molecule is Cc1ccc(O[C@H](C)C(=O)Nc2cccc(NC(=O)Nc3ccccc3)c2)cc1. The Bertz CT molecular complexity index is 972. The van der Waals surface area contributed by atoms with Crippen LogP contribution in [0.2, 0.25) is 0 Å². The van der Waals surface area contributed by atoms with Crippen molar-refractivity contribution in [3.8, 4) is 5.75 Å². The van der Waals surface area contributed by atoms with Crippen molar-refractivity contribution in [2.24, 2.45) is 0 Å². The van der Waals surface area contributed by atoms with Crippen LogP contribution >= 0.6 is 0 Å². The van der Waals surface area contributed by atoms with E-state index in [4.69, 9.17) is 4.74 Å². The summed E-state index contributed by atoms with van der Waals surface area (Å²) < 4.78 is 5.67. The number of anilines is 3. The average Bonchev–Trinajstić information content (AvgIpc) is 2.70. The van der Waals surface area contributed by atoms with Gasteiger partial charge in [0.1, 0.15) is 5.75 Å². The Kier molecular flexibility index (Phi) is 6.47. The first kappa shape index (κ1) is 19.9. The first-order chi connectivity index (χ1) is 14.0. The smallest absolute Gasteiger partial charge is 0.323 e. The summed E-state index contributed by atoms with van der Waals surface area (Å²) in [6, 6.07) is 23.2. The van der Waals surface area contributed by atoms with Crippen LogP contribution in [0.3, 0.4) is 0 Å². The van der Waals surface area contributed by atoms with Gasteiger partial charge in [-0.15, -0.1) is 0 Å². The Morgan fingerprint density at radius 1 is 0.759 bits per heavy atom. The van der Waals surface area contributed by atoms with E-state index in [1.165, 1.54) is 0 Å². The lowest BCUT2D eigenvalue weighted by atomic mass is 10.2.